The number of hydrogen-bond acceptors (Lipinski definition) is 6. The van der Waals surface area contributed by atoms with E-state index in [9.17, 15) is 4.79 Å². The Labute approximate surface area is 91.0 Å². The van der Waals surface area contributed by atoms with Crippen molar-refractivity contribution in [2.75, 3.05) is 5.75 Å². The van der Waals surface area contributed by atoms with Crippen molar-refractivity contribution in [3.63, 3.8) is 0 Å². The highest BCUT2D eigenvalue weighted by Gasteiger charge is 2.23. The fourth-order valence-electron chi connectivity index (χ4n) is 1.00. The number of nitrogens with two attached hydrogens (primary N) is 1. The van der Waals surface area contributed by atoms with Gasteiger partial charge in [0.15, 0.2) is 0 Å². The Kier molecular flexibility index (Phi) is 3.22. The van der Waals surface area contributed by atoms with Crippen molar-refractivity contribution in [1.82, 2.24) is 15.5 Å². The largest absolute Gasteiger partial charge is 0.415 e. The first-order valence-corrected chi connectivity index (χ1v) is 5.71. The maximum absolute atomic E-state index is 11.3. The van der Waals surface area contributed by atoms with Crippen molar-refractivity contribution in [1.29, 1.82) is 0 Å². The van der Waals surface area contributed by atoms with E-state index in [4.69, 9.17) is 10.2 Å². The van der Waals surface area contributed by atoms with Crippen LogP contribution < -0.4 is 11.1 Å². The summed E-state index contributed by atoms with van der Waals surface area (Å²) in [6.07, 6.45) is 2.18. The molecule has 15 heavy (non-hydrogen) atoms. The highest BCUT2D eigenvalue weighted by molar-refractivity contribution is 7.99. The molecular weight excluding hydrogens is 216 g/mol. The van der Waals surface area contributed by atoms with E-state index in [0.717, 1.165) is 12.8 Å². The van der Waals surface area contributed by atoms with E-state index in [-0.39, 0.29) is 12.5 Å². The molecule has 1 heterocycles. The molecule has 1 aromatic heterocycles. The summed E-state index contributed by atoms with van der Waals surface area (Å²) in [5, 5.41) is 10.7. The molecule has 0 spiro atoms. The van der Waals surface area contributed by atoms with Crippen molar-refractivity contribution >= 4 is 17.7 Å². The summed E-state index contributed by atoms with van der Waals surface area (Å²) in [4.78, 5) is 11.3. The average Bonchev–Trinajstić information content (AvgIpc) is 2.92. The van der Waals surface area contributed by atoms with Gasteiger partial charge in [0.1, 0.15) is 0 Å². The molecule has 1 fully saturated rings. The van der Waals surface area contributed by atoms with Crippen molar-refractivity contribution in [2.45, 2.75) is 30.7 Å². The number of carbonyl (C=O) groups is 1. The summed E-state index contributed by atoms with van der Waals surface area (Å²) in [6.45, 7) is 0.224. The lowest BCUT2D eigenvalue weighted by Gasteiger charge is -1.99. The maximum atomic E-state index is 11.3. The number of amides is 1. The molecule has 0 saturated heterocycles. The van der Waals surface area contributed by atoms with Gasteiger partial charge in [-0.05, 0) is 12.8 Å². The second-order valence-corrected chi connectivity index (χ2v) is 4.22. The highest BCUT2D eigenvalue weighted by Crippen LogP contribution is 2.20. The van der Waals surface area contributed by atoms with Crippen molar-refractivity contribution in [3.8, 4) is 0 Å². The van der Waals surface area contributed by atoms with E-state index in [0.29, 0.717) is 22.9 Å². The Bertz CT molecular complexity index is 350. The molecule has 3 N–H and O–H groups in total. The lowest BCUT2D eigenvalue weighted by Crippen LogP contribution is -2.26. The third-order valence-corrected chi connectivity index (χ3v) is 2.71. The van der Waals surface area contributed by atoms with Gasteiger partial charge in [0.2, 0.25) is 11.8 Å². The number of carbonyl (C=O) groups excluding carboxylic acids is 1. The SMILES string of the molecule is NCc1nnc(SCC(=O)NC2CC2)o1. The van der Waals surface area contributed by atoms with Crippen LogP contribution in [0.2, 0.25) is 0 Å². The third kappa shape index (κ3) is 3.21. The van der Waals surface area contributed by atoms with Gasteiger partial charge in [-0.3, -0.25) is 4.79 Å². The number of hydrogen-bond donors (Lipinski definition) is 2. The predicted molar refractivity (Wildman–Crippen MR) is 54.1 cm³/mol. The summed E-state index contributed by atoms with van der Waals surface area (Å²) < 4.78 is 5.14. The molecule has 0 bridgehead atoms. The van der Waals surface area contributed by atoms with Crippen LogP contribution in [0.3, 0.4) is 0 Å². The van der Waals surface area contributed by atoms with Gasteiger partial charge < -0.3 is 15.5 Å². The van der Waals surface area contributed by atoms with Crippen LogP contribution in [0.4, 0.5) is 0 Å². The van der Waals surface area contributed by atoms with Gasteiger partial charge in [-0.1, -0.05) is 11.8 Å². The standard InChI is InChI=1S/C8H12N4O2S/c9-3-7-11-12-8(14-7)15-4-6(13)10-5-1-2-5/h5H,1-4,9H2,(H,10,13). The highest BCUT2D eigenvalue weighted by atomic mass is 32.2. The lowest BCUT2D eigenvalue weighted by atomic mass is 10.6. The zero-order valence-corrected chi connectivity index (χ0v) is 8.92. The number of thioether (sulfide) groups is 1. The summed E-state index contributed by atoms with van der Waals surface area (Å²) in [5.41, 5.74) is 5.31. The summed E-state index contributed by atoms with van der Waals surface area (Å²) in [5.74, 6) is 0.706. The van der Waals surface area contributed by atoms with Crippen LogP contribution in [0.25, 0.3) is 0 Å². The molecule has 2 rings (SSSR count). The van der Waals surface area contributed by atoms with E-state index in [2.05, 4.69) is 15.5 Å². The Balaban J connectivity index is 1.73. The molecule has 0 aromatic carbocycles. The van der Waals surface area contributed by atoms with Crippen molar-refractivity contribution in [2.24, 2.45) is 5.73 Å². The minimum Gasteiger partial charge on any atom is -0.415 e. The monoisotopic (exact) mass is 228 g/mol. The molecule has 0 atom stereocenters. The topological polar surface area (TPSA) is 94.0 Å². The quantitative estimate of drug-likeness (QED) is 0.683. The predicted octanol–water partition coefficient (Wildman–Crippen LogP) is -0.101. The molecule has 7 heteroatoms. The first-order valence-electron chi connectivity index (χ1n) is 4.72. The van der Waals surface area contributed by atoms with Crippen LogP contribution in [0.1, 0.15) is 18.7 Å². The molecular formula is C8H12N4O2S. The third-order valence-electron chi connectivity index (χ3n) is 1.89. The number of rotatable bonds is 5. The Hall–Kier alpha value is -1.08. The summed E-state index contributed by atoms with van der Waals surface area (Å²) in [6, 6.07) is 0.389. The number of aromatic nitrogens is 2. The van der Waals surface area contributed by atoms with Gasteiger partial charge in [0, 0.05) is 6.04 Å². The van der Waals surface area contributed by atoms with E-state index in [1.807, 2.05) is 0 Å². The molecule has 1 amide bonds. The van der Waals surface area contributed by atoms with Gasteiger partial charge >= 0.3 is 0 Å². The van der Waals surface area contributed by atoms with Crippen LogP contribution >= 0.6 is 11.8 Å². The van der Waals surface area contributed by atoms with Crippen molar-refractivity contribution < 1.29 is 9.21 Å². The normalized spacial score (nSPS) is 15.3. The Morgan fingerprint density at radius 1 is 1.60 bits per heavy atom. The first kappa shape index (κ1) is 10.4. The van der Waals surface area contributed by atoms with Gasteiger partial charge in [-0.2, -0.15) is 0 Å². The van der Waals surface area contributed by atoms with Gasteiger partial charge in [-0.15, -0.1) is 10.2 Å². The van der Waals surface area contributed by atoms with Crippen molar-refractivity contribution in [3.05, 3.63) is 5.89 Å². The Morgan fingerprint density at radius 3 is 3.00 bits per heavy atom. The molecule has 0 unspecified atom stereocenters. The molecule has 1 aliphatic rings. The maximum Gasteiger partial charge on any atom is 0.277 e. The van der Waals surface area contributed by atoms with Gasteiger partial charge in [-0.25, -0.2) is 0 Å². The fourth-order valence-corrected chi connectivity index (χ4v) is 1.59. The molecule has 1 aliphatic carbocycles. The zero-order chi connectivity index (χ0) is 10.7. The average molecular weight is 228 g/mol. The number of nitrogens with zero attached hydrogens (tertiary/aromatic N) is 2. The van der Waals surface area contributed by atoms with E-state index in [1.165, 1.54) is 11.8 Å². The molecule has 0 radical (unpaired) electrons. The minimum absolute atomic E-state index is 0.00926. The smallest absolute Gasteiger partial charge is 0.277 e. The first-order chi connectivity index (χ1) is 7.28. The Morgan fingerprint density at radius 2 is 2.40 bits per heavy atom. The second-order valence-electron chi connectivity index (χ2n) is 3.30. The second kappa shape index (κ2) is 4.63. The van der Waals surface area contributed by atoms with Crippen LogP contribution in [-0.2, 0) is 11.3 Å². The van der Waals surface area contributed by atoms with Crippen LogP contribution in [0.15, 0.2) is 9.64 Å². The molecule has 1 saturated carbocycles. The van der Waals surface area contributed by atoms with Crippen LogP contribution in [0.5, 0.6) is 0 Å². The van der Waals surface area contributed by atoms with E-state index >= 15 is 0 Å². The van der Waals surface area contributed by atoms with E-state index < -0.39 is 0 Å². The molecule has 6 nitrogen and oxygen atoms in total. The van der Waals surface area contributed by atoms with Crippen LogP contribution in [0, 0.1) is 0 Å². The lowest BCUT2D eigenvalue weighted by molar-refractivity contribution is -0.118. The summed E-state index contributed by atoms with van der Waals surface area (Å²) >= 11 is 1.23. The van der Waals surface area contributed by atoms with Gasteiger partial charge in [0.05, 0.1) is 12.3 Å². The molecule has 0 aliphatic heterocycles. The van der Waals surface area contributed by atoms with Gasteiger partial charge in [0.25, 0.3) is 5.22 Å². The minimum atomic E-state index is 0.00926. The van der Waals surface area contributed by atoms with E-state index in [1.54, 1.807) is 0 Å². The fraction of sp³-hybridized carbons (Fsp3) is 0.625. The zero-order valence-electron chi connectivity index (χ0n) is 8.10. The molecule has 1 aromatic rings. The van der Waals surface area contributed by atoms with Crippen LogP contribution in [-0.4, -0.2) is 27.9 Å². The summed E-state index contributed by atoms with van der Waals surface area (Å²) in [7, 11) is 0. The molecule has 82 valence electrons. The number of nitrogens with one attached hydrogen (secondary N) is 1.